The first-order chi connectivity index (χ1) is 8.84. The van der Waals surface area contributed by atoms with E-state index in [4.69, 9.17) is 15.9 Å². The third-order valence-corrected chi connectivity index (χ3v) is 6.23. The van der Waals surface area contributed by atoms with Crippen molar-refractivity contribution in [3.8, 4) is 0 Å². The Labute approximate surface area is 124 Å². The molecule has 1 aliphatic rings. The highest BCUT2D eigenvalue weighted by molar-refractivity contribution is 8.17. The van der Waals surface area contributed by atoms with E-state index in [1.165, 1.54) is 0 Å². The first-order valence-electron chi connectivity index (χ1n) is 6.71. The van der Waals surface area contributed by atoms with Crippen LogP contribution in [0.15, 0.2) is 0 Å². The number of hydrogen-bond donors (Lipinski definition) is 5. The van der Waals surface area contributed by atoms with Crippen molar-refractivity contribution in [2.24, 2.45) is 5.73 Å². The van der Waals surface area contributed by atoms with Crippen molar-refractivity contribution < 1.29 is 10.2 Å². The van der Waals surface area contributed by atoms with Crippen LogP contribution in [0.4, 0.5) is 0 Å². The second-order valence-electron chi connectivity index (χ2n) is 5.34. The highest BCUT2D eigenvalue weighted by Crippen LogP contribution is 2.33. The molecule has 19 heavy (non-hydrogen) atoms. The third-order valence-electron chi connectivity index (χ3n) is 3.40. The molecule has 2 unspecified atom stereocenters. The molecule has 1 fully saturated rings. The summed E-state index contributed by atoms with van der Waals surface area (Å²) in [5.74, 6) is 1.08. The van der Waals surface area contributed by atoms with Crippen molar-refractivity contribution in [3.63, 3.8) is 0 Å². The van der Waals surface area contributed by atoms with E-state index in [-0.39, 0.29) is 15.6 Å². The predicted molar refractivity (Wildman–Crippen MR) is 84.0 cm³/mol. The molecule has 0 aliphatic carbocycles. The molecule has 0 saturated carbocycles. The van der Waals surface area contributed by atoms with Crippen LogP contribution in [0, 0.1) is 0 Å². The Morgan fingerprint density at radius 3 is 2.84 bits per heavy atom. The minimum absolute atomic E-state index is 0.166. The van der Waals surface area contributed by atoms with E-state index < -0.39 is 6.29 Å². The lowest BCUT2D eigenvalue weighted by atomic mass is 10.0. The lowest BCUT2D eigenvalue weighted by Crippen LogP contribution is -2.48. The summed E-state index contributed by atoms with van der Waals surface area (Å²) in [6, 6.07) is 0.498. The zero-order valence-electron chi connectivity index (χ0n) is 11.9. The van der Waals surface area contributed by atoms with Gasteiger partial charge in [-0.3, -0.25) is 5.32 Å². The number of thioether (sulfide) groups is 2. The Morgan fingerprint density at radius 2 is 2.26 bits per heavy atom. The molecule has 0 aromatic heterocycles. The molecule has 1 heterocycles. The summed E-state index contributed by atoms with van der Waals surface area (Å²) in [6.07, 6.45) is 1.89. The third kappa shape index (κ3) is 6.66. The molecule has 1 saturated heterocycles. The average molecular weight is 310 g/mol. The summed E-state index contributed by atoms with van der Waals surface area (Å²) in [5.41, 5.74) is 5.75. The second kappa shape index (κ2) is 8.07. The number of hydrogen-bond acceptors (Lipinski definition) is 7. The lowest BCUT2D eigenvalue weighted by Gasteiger charge is -2.24. The van der Waals surface area contributed by atoms with E-state index in [1.54, 1.807) is 11.8 Å². The van der Waals surface area contributed by atoms with Crippen LogP contribution in [-0.2, 0) is 0 Å². The molecular weight excluding hydrogens is 282 g/mol. The monoisotopic (exact) mass is 309 g/mol. The smallest absolute Gasteiger partial charge is 0.163 e. The Kier molecular flexibility index (Phi) is 7.45. The molecule has 5 nitrogen and oxygen atoms in total. The van der Waals surface area contributed by atoms with Crippen molar-refractivity contribution in [1.29, 1.82) is 0 Å². The van der Waals surface area contributed by atoms with E-state index in [9.17, 15) is 0 Å². The van der Waals surface area contributed by atoms with E-state index in [0.717, 1.165) is 25.0 Å². The fraction of sp³-hybridized carbons (Fsp3) is 1.00. The van der Waals surface area contributed by atoms with Crippen molar-refractivity contribution >= 4 is 23.5 Å². The molecule has 0 aromatic carbocycles. The number of nitrogens with two attached hydrogens (primary N) is 1. The summed E-state index contributed by atoms with van der Waals surface area (Å²) in [5, 5.41) is 24.6. The maximum atomic E-state index is 9.08. The van der Waals surface area contributed by atoms with E-state index in [1.807, 2.05) is 32.7 Å². The van der Waals surface area contributed by atoms with Crippen molar-refractivity contribution in [2.75, 3.05) is 12.8 Å². The SMILES string of the molecule is CN[C@@](C)(N)CCC[C@@H]1CSC(SC(C)C(O)O)N1. The minimum Gasteiger partial charge on any atom is -0.367 e. The van der Waals surface area contributed by atoms with Gasteiger partial charge in [0.05, 0.1) is 10.9 Å². The minimum atomic E-state index is -1.25. The molecule has 1 rings (SSSR count). The maximum absolute atomic E-state index is 9.08. The standard InChI is InChI=1S/C12H27N3O2S2/c1-8(10(16)17)19-11-15-9(7-18-11)5-4-6-12(2,13)14-3/h8-11,14-17H,4-7,13H2,1-3H3/t8?,9-,11?,12-/m1/s1. The van der Waals surface area contributed by atoms with Crippen molar-refractivity contribution in [2.45, 2.75) is 61.1 Å². The maximum Gasteiger partial charge on any atom is 0.163 e. The summed E-state index contributed by atoms with van der Waals surface area (Å²) < 4.78 is 0.260. The van der Waals surface area contributed by atoms with Crippen LogP contribution in [0.5, 0.6) is 0 Å². The molecular formula is C12H27N3O2S2. The van der Waals surface area contributed by atoms with Crippen molar-refractivity contribution in [3.05, 3.63) is 0 Å². The molecule has 0 aromatic rings. The number of rotatable bonds is 8. The zero-order chi connectivity index (χ0) is 14.5. The first kappa shape index (κ1) is 17.6. The second-order valence-corrected chi connectivity index (χ2v) is 8.27. The van der Waals surface area contributed by atoms with Crippen LogP contribution in [0.25, 0.3) is 0 Å². The summed E-state index contributed by atoms with van der Waals surface area (Å²) in [4.78, 5) is 0. The van der Waals surface area contributed by atoms with Gasteiger partial charge in [-0.05, 0) is 40.2 Å². The van der Waals surface area contributed by atoms with E-state index in [2.05, 4.69) is 10.6 Å². The molecule has 4 atom stereocenters. The molecule has 0 bridgehead atoms. The zero-order valence-corrected chi connectivity index (χ0v) is 13.6. The van der Waals surface area contributed by atoms with Gasteiger partial charge in [0.15, 0.2) is 6.29 Å². The van der Waals surface area contributed by atoms with Gasteiger partial charge in [0.2, 0.25) is 0 Å². The largest absolute Gasteiger partial charge is 0.367 e. The van der Waals surface area contributed by atoms with E-state index >= 15 is 0 Å². The van der Waals surface area contributed by atoms with E-state index in [0.29, 0.717) is 6.04 Å². The van der Waals surface area contributed by atoms with Gasteiger partial charge in [0.1, 0.15) is 4.71 Å². The molecule has 0 amide bonds. The Balaban J connectivity index is 2.18. The van der Waals surface area contributed by atoms with Crippen LogP contribution < -0.4 is 16.4 Å². The molecule has 6 N–H and O–H groups in total. The molecule has 0 radical (unpaired) electrons. The van der Waals surface area contributed by atoms with Gasteiger partial charge >= 0.3 is 0 Å². The number of aliphatic hydroxyl groups excluding tert-OH is 1. The van der Waals surface area contributed by atoms with Gasteiger partial charge in [-0.15, -0.1) is 23.5 Å². The average Bonchev–Trinajstić information content (AvgIpc) is 2.76. The van der Waals surface area contributed by atoms with Crippen LogP contribution >= 0.6 is 23.5 Å². The Bertz CT molecular complexity index is 267. The molecule has 114 valence electrons. The quantitative estimate of drug-likeness (QED) is 0.416. The fourth-order valence-electron chi connectivity index (χ4n) is 1.84. The predicted octanol–water partition coefficient (Wildman–Crippen LogP) is 0.472. The number of aliphatic hydroxyl groups is 2. The lowest BCUT2D eigenvalue weighted by molar-refractivity contribution is -0.0367. The van der Waals surface area contributed by atoms with Crippen LogP contribution in [0.1, 0.15) is 33.1 Å². The highest BCUT2D eigenvalue weighted by Gasteiger charge is 2.27. The van der Waals surface area contributed by atoms with Crippen LogP contribution in [0.3, 0.4) is 0 Å². The van der Waals surface area contributed by atoms with Gasteiger partial charge in [-0.1, -0.05) is 0 Å². The van der Waals surface area contributed by atoms with Crippen LogP contribution in [0.2, 0.25) is 0 Å². The first-order valence-corrected chi connectivity index (χ1v) is 8.70. The number of nitrogens with one attached hydrogen (secondary N) is 2. The summed E-state index contributed by atoms with van der Waals surface area (Å²) >= 11 is 3.42. The normalized spacial score (nSPS) is 28.6. The van der Waals surface area contributed by atoms with Gasteiger partial charge in [0.25, 0.3) is 0 Å². The Morgan fingerprint density at radius 1 is 1.58 bits per heavy atom. The molecule has 1 aliphatic heterocycles. The Hall–Kier alpha value is 0.500. The fourth-order valence-corrected chi connectivity index (χ4v) is 4.68. The van der Waals surface area contributed by atoms with Gasteiger partial charge < -0.3 is 21.3 Å². The van der Waals surface area contributed by atoms with Gasteiger partial charge in [0, 0.05) is 11.8 Å². The van der Waals surface area contributed by atoms with Gasteiger partial charge in [-0.25, -0.2) is 0 Å². The molecule has 0 spiro atoms. The summed E-state index contributed by atoms with van der Waals surface area (Å²) in [7, 11) is 1.89. The molecule has 7 heteroatoms. The summed E-state index contributed by atoms with van der Waals surface area (Å²) in [6.45, 7) is 3.84. The van der Waals surface area contributed by atoms with Crippen molar-refractivity contribution in [1.82, 2.24) is 10.6 Å². The topological polar surface area (TPSA) is 90.5 Å². The van der Waals surface area contributed by atoms with Gasteiger partial charge in [-0.2, -0.15) is 0 Å². The van der Waals surface area contributed by atoms with Crippen LogP contribution in [-0.4, -0.2) is 51.0 Å². The highest BCUT2D eigenvalue weighted by atomic mass is 32.2.